The third kappa shape index (κ3) is 5.43. The average molecular weight is 512 g/mol. The molecule has 4 unspecified atom stereocenters. The van der Waals surface area contributed by atoms with Crippen molar-refractivity contribution in [1.29, 1.82) is 0 Å². The lowest BCUT2D eigenvalue weighted by Crippen LogP contribution is -2.72. The number of piperidine rings is 1. The van der Waals surface area contributed by atoms with E-state index in [1.165, 1.54) is 25.3 Å². The highest BCUT2D eigenvalue weighted by molar-refractivity contribution is 6.31. The first-order chi connectivity index (χ1) is 16.5. The number of halogens is 4. The number of hydrogen-bond acceptors (Lipinski definition) is 6. The molecule has 0 bridgehead atoms. The lowest BCUT2D eigenvalue weighted by atomic mass is 9.81. The molecule has 0 radical (unpaired) electrons. The van der Waals surface area contributed by atoms with Crippen LogP contribution in [0, 0.1) is 11.8 Å². The number of amides is 3. The minimum Gasteiger partial charge on any atom is -0.495 e. The molecule has 0 spiro atoms. The molecule has 4 rings (SSSR count). The Hall–Kier alpha value is -3.51. The van der Waals surface area contributed by atoms with Crippen molar-refractivity contribution >= 4 is 40.7 Å². The zero-order chi connectivity index (χ0) is 25.3. The minimum atomic E-state index is -4.53. The molecular formula is C22H21ClF3N5O4. The number of hydrogen-bond donors (Lipinski definition) is 5. The van der Waals surface area contributed by atoms with Gasteiger partial charge < -0.3 is 26.0 Å². The number of methoxy groups -OCH3 is 1. The first-order valence-corrected chi connectivity index (χ1v) is 10.9. The van der Waals surface area contributed by atoms with E-state index < -0.39 is 53.8 Å². The van der Waals surface area contributed by atoms with E-state index in [1.807, 2.05) is 0 Å². The Morgan fingerprint density at radius 1 is 1.14 bits per heavy atom. The van der Waals surface area contributed by atoms with Crippen LogP contribution < -0.4 is 31.3 Å². The molecule has 9 nitrogen and oxygen atoms in total. The summed E-state index contributed by atoms with van der Waals surface area (Å²) in [6.45, 7) is 0. The third-order valence-electron chi connectivity index (χ3n) is 5.71. The summed E-state index contributed by atoms with van der Waals surface area (Å²) in [6.07, 6.45) is -6.71. The average Bonchev–Trinajstić information content (AvgIpc) is 2.78. The second-order valence-electron chi connectivity index (χ2n) is 8.05. The summed E-state index contributed by atoms with van der Waals surface area (Å²) < 4.78 is 44.2. The lowest BCUT2D eigenvalue weighted by Gasteiger charge is -2.43. The molecule has 186 valence electrons. The highest BCUT2D eigenvalue weighted by atomic mass is 35.5. The van der Waals surface area contributed by atoms with Gasteiger partial charge in [-0.15, -0.1) is 0 Å². The molecule has 2 heterocycles. The van der Waals surface area contributed by atoms with Gasteiger partial charge in [0.1, 0.15) is 5.75 Å². The molecule has 5 N–H and O–H groups in total. The normalized spacial score (nSPS) is 24.0. The van der Waals surface area contributed by atoms with Crippen molar-refractivity contribution in [3.05, 3.63) is 53.1 Å². The van der Waals surface area contributed by atoms with Gasteiger partial charge in [-0.25, -0.2) is 0 Å². The fraction of sp³-hybridized carbons (Fsp3) is 0.318. The molecule has 2 aromatic rings. The summed E-state index contributed by atoms with van der Waals surface area (Å²) in [5.74, 6) is -3.27. The van der Waals surface area contributed by atoms with Gasteiger partial charge in [0.15, 0.2) is 6.29 Å². The molecule has 2 aromatic carbocycles. The molecule has 2 saturated heterocycles. The largest absolute Gasteiger partial charge is 0.495 e. The number of rotatable bonds is 5. The predicted molar refractivity (Wildman–Crippen MR) is 120 cm³/mol. The number of anilines is 2. The van der Waals surface area contributed by atoms with E-state index in [2.05, 4.69) is 26.6 Å². The van der Waals surface area contributed by atoms with Crippen LogP contribution in [0.4, 0.5) is 24.5 Å². The number of carbonyl (C=O) groups is 3. The summed E-state index contributed by atoms with van der Waals surface area (Å²) in [5.41, 5.74) is -0.483. The van der Waals surface area contributed by atoms with E-state index >= 15 is 0 Å². The zero-order valence-electron chi connectivity index (χ0n) is 18.2. The smallest absolute Gasteiger partial charge is 0.416 e. The van der Waals surface area contributed by atoms with Crippen LogP contribution in [0.5, 0.6) is 5.75 Å². The SMILES string of the molecule is COc1ccc(Cl)cc1NC(=O)C1CC(=O)NC2NC(Nc3cccc(C(F)(F)F)c3)NC(=O)C21. The number of benzene rings is 2. The number of nitrogens with one attached hydrogen (secondary N) is 5. The van der Waals surface area contributed by atoms with Gasteiger partial charge in [0.2, 0.25) is 17.7 Å². The topological polar surface area (TPSA) is 121 Å². The van der Waals surface area contributed by atoms with E-state index in [1.54, 1.807) is 12.1 Å². The molecule has 2 fully saturated rings. The summed E-state index contributed by atoms with van der Waals surface area (Å²) in [4.78, 5) is 38.4. The van der Waals surface area contributed by atoms with Crippen molar-refractivity contribution in [2.24, 2.45) is 11.8 Å². The van der Waals surface area contributed by atoms with Crippen LogP contribution in [-0.2, 0) is 20.6 Å². The van der Waals surface area contributed by atoms with Gasteiger partial charge in [0.25, 0.3) is 0 Å². The fourth-order valence-electron chi connectivity index (χ4n) is 4.11. The van der Waals surface area contributed by atoms with Crippen molar-refractivity contribution < 1.29 is 32.3 Å². The molecule has 2 aliphatic heterocycles. The van der Waals surface area contributed by atoms with Crippen LogP contribution in [-0.4, -0.2) is 37.3 Å². The standard InChI is InChI=1S/C22H21ClF3N5O4/c1-35-15-6-5-11(23)8-14(15)28-19(33)13-9-16(32)29-18-17(13)20(34)31-21(30-18)27-12-4-2-3-10(7-12)22(24,25)26/h2-8,13,17-18,21,27,30H,9H2,1H3,(H,28,33)(H,29,32)(H,31,34). The molecule has 35 heavy (non-hydrogen) atoms. The maximum atomic E-state index is 13.1. The Morgan fingerprint density at radius 3 is 2.63 bits per heavy atom. The first kappa shape index (κ1) is 24.6. The van der Waals surface area contributed by atoms with E-state index in [0.717, 1.165) is 12.1 Å². The van der Waals surface area contributed by atoms with Crippen LogP contribution in [0.2, 0.25) is 5.02 Å². The van der Waals surface area contributed by atoms with Crippen molar-refractivity contribution in [1.82, 2.24) is 16.0 Å². The Kier molecular flexibility index (Phi) is 6.77. The number of carbonyl (C=O) groups excluding carboxylic acids is 3. The summed E-state index contributed by atoms with van der Waals surface area (Å²) in [6, 6.07) is 9.08. The molecule has 0 aliphatic carbocycles. The maximum Gasteiger partial charge on any atom is 0.416 e. The monoisotopic (exact) mass is 511 g/mol. The Morgan fingerprint density at radius 2 is 1.91 bits per heavy atom. The number of fused-ring (bicyclic) bond motifs is 1. The van der Waals surface area contributed by atoms with Gasteiger partial charge in [-0.1, -0.05) is 17.7 Å². The van der Waals surface area contributed by atoms with Gasteiger partial charge in [0.05, 0.1) is 36.4 Å². The molecule has 0 saturated carbocycles. The van der Waals surface area contributed by atoms with Crippen LogP contribution in [0.1, 0.15) is 12.0 Å². The van der Waals surface area contributed by atoms with E-state index in [4.69, 9.17) is 16.3 Å². The Bertz CT molecular complexity index is 1160. The van der Waals surface area contributed by atoms with Crippen molar-refractivity contribution in [2.45, 2.75) is 25.1 Å². The first-order valence-electron chi connectivity index (χ1n) is 10.5. The molecule has 0 aromatic heterocycles. The van der Waals surface area contributed by atoms with Gasteiger partial charge >= 0.3 is 6.18 Å². The highest BCUT2D eigenvalue weighted by Gasteiger charge is 2.48. The van der Waals surface area contributed by atoms with Crippen molar-refractivity contribution in [2.75, 3.05) is 17.7 Å². The molecular weight excluding hydrogens is 491 g/mol. The van der Waals surface area contributed by atoms with Crippen LogP contribution >= 0.6 is 11.6 Å². The second-order valence-corrected chi connectivity index (χ2v) is 8.48. The van der Waals surface area contributed by atoms with Gasteiger partial charge in [-0.2, -0.15) is 13.2 Å². The quantitative estimate of drug-likeness (QED) is 0.421. The van der Waals surface area contributed by atoms with Crippen molar-refractivity contribution in [3.63, 3.8) is 0 Å². The third-order valence-corrected chi connectivity index (χ3v) is 5.94. The molecule has 13 heteroatoms. The minimum absolute atomic E-state index is 0.0977. The van der Waals surface area contributed by atoms with Gasteiger partial charge in [0, 0.05) is 17.1 Å². The van der Waals surface area contributed by atoms with Gasteiger partial charge in [-0.3, -0.25) is 19.7 Å². The van der Waals surface area contributed by atoms with E-state index in [-0.39, 0.29) is 17.8 Å². The predicted octanol–water partition coefficient (Wildman–Crippen LogP) is 2.50. The zero-order valence-corrected chi connectivity index (χ0v) is 19.0. The molecule has 3 amide bonds. The van der Waals surface area contributed by atoms with Crippen LogP contribution in [0.25, 0.3) is 0 Å². The summed E-state index contributed by atoms with van der Waals surface area (Å²) in [5, 5.41) is 13.9. The molecule has 4 atom stereocenters. The second kappa shape index (κ2) is 9.62. The fourth-order valence-corrected chi connectivity index (χ4v) is 4.28. The van der Waals surface area contributed by atoms with E-state index in [9.17, 15) is 27.6 Å². The van der Waals surface area contributed by atoms with E-state index in [0.29, 0.717) is 10.8 Å². The summed E-state index contributed by atoms with van der Waals surface area (Å²) >= 11 is 6.00. The maximum absolute atomic E-state index is 13.1. The van der Waals surface area contributed by atoms with Crippen molar-refractivity contribution in [3.8, 4) is 5.75 Å². The Labute approximate surface area is 202 Å². The summed E-state index contributed by atoms with van der Waals surface area (Å²) in [7, 11) is 1.42. The van der Waals surface area contributed by atoms with Gasteiger partial charge in [-0.05, 0) is 36.4 Å². The number of ether oxygens (including phenoxy) is 1. The highest BCUT2D eigenvalue weighted by Crippen LogP contribution is 2.33. The lowest BCUT2D eigenvalue weighted by molar-refractivity contribution is -0.144. The number of alkyl halides is 3. The molecule has 2 aliphatic rings. The van der Waals surface area contributed by atoms with Crippen LogP contribution in [0.15, 0.2) is 42.5 Å². The Balaban J connectivity index is 1.50. The van der Waals surface area contributed by atoms with Crippen LogP contribution in [0.3, 0.4) is 0 Å².